The van der Waals surface area contributed by atoms with Gasteiger partial charge in [-0.1, -0.05) is 48.0 Å². The highest BCUT2D eigenvalue weighted by Gasteiger charge is 2.43. The van der Waals surface area contributed by atoms with Gasteiger partial charge in [-0.3, -0.25) is 4.79 Å². The number of nitrogens with zero attached hydrogens (tertiary/aromatic N) is 1. The van der Waals surface area contributed by atoms with Gasteiger partial charge in [0.25, 0.3) is 0 Å². The molecule has 3 heteroatoms. The molecule has 130 valence electrons. The quantitative estimate of drug-likeness (QED) is 0.759. The van der Waals surface area contributed by atoms with Gasteiger partial charge >= 0.3 is 0 Å². The van der Waals surface area contributed by atoms with Crippen molar-refractivity contribution in [1.29, 1.82) is 0 Å². The fourth-order valence-corrected chi connectivity index (χ4v) is 4.66. The van der Waals surface area contributed by atoms with Crippen molar-refractivity contribution >= 4 is 17.5 Å². The summed E-state index contributed by atoms with van der Waals surface area (Å²) < 4.78 is 0. The van der Waals surface area contributed by atoms with Crippen LogP contribution in [-0.4, -0.2) is 23.9 Å². The minimum absolute atomic E-state index is 0.224. The van der Waals surface area contributed by atoms with Crippen molar-refractivity contribution in [3.63, 3.8) is 0 Å². The first-order valence-electron chi connectivity index (χ1n) is 9.10. The van der Waals surface area contributed by atoms with Crippen LogP contribution >= 0.6 is 11.6 Å². The molecular weight excluding hydrogens is 330 g/mol. The van der Waals surface area contributed by atoms with Crippen LogP contribution in [0.2, 0.25) is 5.02 Å². The molecular formula is C22H24ClNO. The molecule has 2 nitrogen and oxygen atoms in total. The van der Waals surface area contributed by atoms with Crippen molar-refractivity contribution in [3.05, 3.63) is 70.2 Å². The van der Waals surface area contributed by atoms with Gasteiger partial charge in [-0.25, -0.2) is 0 Å². The lowest BCUT2D eigenvalue weighted by Crippen LogP contribution is -2.42. The van der Waals surface area contributed by atoms with Gasteiger partial charge in [-0.05, 0) is 61.4 Å². The maximum atomic E-state index is 13.3. The van der Waals surface area contributed by atoms with Crippen LogP contribution in [0.25, 0.3) is 0 Å². The van der Waals surface area contributed by atoms with Crippen molar-refractivity contribution in [2.24, 2.45) is 5.92 Å². The highest BCUT2D eigenvalue weighted by Crippen LogP contribution is 2.42. The molecule has 2 unspecified atom stereocenters. The molecule has 0 spiro atoms. The summed E-state index contributed by atoms with van der Waals surface area (Å²) in [6, 6.07) is 16.4. The Kier molecular flexibility index (Phi) is 4.11. The predicted molar refractivity (Wildman–Crippen MR) is 102 cm³/mol. The van der Waals surface area contributed by atoms with E-state index >= 15 is 0 Å². The van der Waals surface area contributed by atoms with E-state index in [1.54, 1.807) is 0 Å². The Morgan fingerprint density at radius 2 is 1.80 bits per heavy atom. The van der Waals surface area contributed by atoms with Crippen LogP contribution in [-0.2, 0) is 16.6 Å². The zero-order valence-electron chi connectivity index (χ0n) is 14.8. The van der Waals surface area contributed by atoms with E-state index in [1.807, 2.05) is 38.1 Å². The standard InChI is InChI=1S/C22H24ClNO/c1-22(2,17-9-11-18(23)12-10-17)21(25)24-13-16-8-7-15-5-3-4-6-19(15)20(16)14-24/h3-6,9-12,16,20H,7-8,13-14H2,1-2H3. The molecule has 1 heterocycles. The van der Waals surface area contributed by atoms with Crippen molar-refractivity contribution in [2.75, 3.05) is 13.1 Å². The molecule has 1 aliphatic heterocycles. The number of fused-ring (bicyclic) bond motifs is 3. The SMILES string of the molecule is CC(C)(C(=O)N1CC2CCc3ccccc3C2C1)c1ccc(Cl)cc1. The summed E-state index contributed by atoms with van der Waals surface area (Å²) in [6.07, 6.45) is 2.33. The van der Waals surface area contributed by atoms with Gasteiger partial charge in [0.05, 0.1) is 5.41 Å². The second kappa shape index (κ2) is 6.17. The third kappa shape index (κ3) is 2.87. The maximum absolute atomic E-state index is 13.3. The van der Waals surface area contributed by atoms with E-state index in [0.717, 1.165) is 25.1 Å². The predicted octanol–water partition coefficient (Wildman–Crippen LogP) is 4.81. The van der Waals surface area contributed by atoms with Crippen LogP contribution in [0.15, 0.2) is 48.5 Å². The molecule has 1 aliphatic carbocycles. The third-order valence-corrected chi connectivity index (χ3v) is 6.32. The summed E-state index contributed by atoms with van der Waals surface area (Å²) in [7, 11) is 0. The molecule has 2 aromatic rings. The number of likely N-dealkylation sites (tertiary alicyclic amines) is 1. The zero-order valence-corrected chi connectivity index (χ0v) is 15.6. The first-order chi connectivity index (χ1) is 12.0. The number of carbonyl (C=O) groups is 1. The first kappa shape index (κ1) is 16.7. The number of hydrogen-bond acceptors (Lipinski definition) is 1. The topological polar surface area (TPSA) is 20.3 Å². The van der Waals surface area contributed by atoms with Crippen LogP contribution in [0, 0.1) is 5.92 Å². The number of rotatable bonds is 2. The number of benzene rings is 2. The minimum Gasteiger partial charge on any atom is -0.341 e. The summed E-state index contributed by atoms with van der Waals surface area (Å²) in [4.78, 5) is 15.4. The molecule has 1 fully saturated rings. The molecule has 0 aromatic heterocycles. The average Bonchev–Trinajstić information content (AvgIpc) is 3.06. The molecule has 2 aliphatic rings. The van der Waals surface area contributed by atoms with E-state index in [4.69, 9.17) is 11.6 Å². The third-order valence-electron chi connectivity index (χ3n) is 6.07. The van der Waals surface area contributed by atoms with Gasteiger partial charge in [0.2, 0.25) is 5.91 Å². The Bertz CT molecular complexity index is 796. The molecule has 2 atom stereocenters. The van der Waals surface area contributed by atoms with E-state index in [-0.39, 0.29) is 5.91 Å². The lowest BCUT2D eigenvalue weighted by atomic mass is 9.77. The van der Waals surface area contributed by atoms with Crippen LogP contribution in [0.4, 0.5) is 0 Å². The van der Waals surface area contributed by atoms with Crippen molar-refractivity contribution in [2.45, 2.75) is 38.0 Å². The number of halogens is 1. The monoisotopic (exact) mass is 353 g/mol. The highest BCUT2D eigenvalue weighted by atomic mass is 35.5. The molecule has 1 amide bonds. The van der Waals surface area contributed by atoms with E-state index < -0.39 is 5.41 Å². The van der Waals surface area contributed by atoms with E-state index in [9.17, 15) is 4.79 Å². The second-order valence-electron chi connectivity index (χ2n) is 7.95. The van der Waals surface area contributed by atoms with Gasteiger partial charge in [-0.2, -0.15) is 0 Å². The second-order valence-corrected chi connectivity index (χ2v) is 8.38. The molecule has 0 N–H and O–H groups in total. The largest absolute Gasteiger partial charge is 0.341 e. The number of aryl methyl sites for hydroxylation is 1. The van der Waals surface area contributed by atoms with Gasteiger partial charge < -0.3 is 4.90 Å². The van der Waals surface area contributed by atoms with Crippen LogP contribution in [0.1, 0.15) is 42.9 Å². The lowest BCUT2D eigenvalue weighted by Gasteiger charge is -2.30. The Labute approximate surface area is 154 Å². The number of hydrogen-bond donors (Lipinski definition) is 0. The summed E-state index contributed by atoms with van der Waals surface area (Å²) in [5.74, 6) is 1.32. The van der Waals surface area contributed by atoms with Crippen molar-refractivity contribution in [3.8, 4) is 0 Å². The fourth-order valence-electron chi connectivity index (χ4n) is 4.53. The first-order valence-corrected chi connectivity index (χ1v) is 9.48. The number of carbonyl (C=O) groups excluding carboxylic acids is 1. The fraction of sp³-hybridized carbons (Fsp3) is 0.409. The summed E-state index contributed by atoms with van der Waals surface area (Å²) in [5, 5.41) is 0.704. The van der Waals surface area contributed by atoms with E-state index in [0.29, 0.717) is 16.9 Å². The smallest absolute Gasteiger partial charge is 0.232 e. The Morgan fingerprint density at radius 1 is 1.08 bits per heavy atom. The van der Waals surface area contributed by atoms with Crippen molar-refractivity contribution in [1.82, 2.24) is 4.90 Å². The molecule has 0 bridgehead atoms. The molecule has 2 aromatic carbocycles. The van der Waals surface area contributed by atoms with Gasteiger partial charge in [0.1, 0.15) is 0 Å². The van der Waals surface area contributed by atoms with Gasteiger partial charge in [0, 0.05) is 24.0 Å². The molecule has 1 saturated heterocycles. The lowest BCUT2D eigenvalue weighted by molar-refractivity contribution is -0.135. The molecule has 25 heavy (non-hydrogen) atoms. The van der Waals surface area contributed by atoms with Gasteiger partial charge in [-0.15, -0.1) is 0 Å². The van der Waals surface area contributed by atoms with Crippen LogP contribution < -0.4 is 0 Å². The van der Waals surface area contributed by atoms with E-state index in [1.165, 1.54) is 17.5 Å². The van der Waals surface area contributed by atoms with Crippen LogP contribution in [0.5, 0.6) is 0 Å². The normalized spacial score (nSPS) is 22.4. The number of amides is 1. The van der Waals surface area contributed by atoms with Gasteiger partial charge in [0.15, 0.2) is 0 Å². The maximum Gasteiger partial charge on any atom is 0.232 e. The molecule has 0 saturated carbocycles. The van der Waals surface area contributed by atoms with Crippen molar-refractivity contribution < 1.29 is 4.79 Å². The Hall–Kier alpha value is -1.80. The summed E-state index contributed by atoms with van der Waals surface area (Å²) in [6.45, 7) is 5.77. The van der Waals surface area contributed by atoms with Crippen LogP contribution in [0.3, 0.4) is 0 Å². The summed E-state index contributed by atoms with van der Waals surface area (Å²) >= 11 is 6.00. The Balaban J connectivity index is 1.57. The van der Waals surface area contributed by atoms with E-state index in [2.05, 4.69) is 29.2 Å². The summed E-state index contributed by atoms with van der Waals surface area (Å²) in [5.41, 5.74) is 3.42. The molecule has 0 radical (unpaired) electrons. The zero-order chi connectivity index (χ0) is 17.6. The Morgan fingerprint density at radius 3 is 2.56 bits per heavy atom. The minimum atomic E-state index is -0.530. The highest BCUT2D eigenvalue weighted by molar-refractivity contribution is 6.30. The average molecular weight is 354 g/mol. The molecule has 4 rings (SSSR count).